The fraction of sp³-hybridized carbons (Fsp3) is 0.235. The molecule has 4 nitrogen and oxygen atoms in total. The summed E-state index contributed by atoms with van der Waals surface area (Å²) in [5.74, 6) is 2.01. The Morgan fingerprint density at radius 1 is 0.905 bits per heavy atom. The molecule has 0 unspecified atom stereocenters. The van der Waals surface area contributed by atoms with Gasteiger partial charge in [0, 0.05) is 6.07 Å². The van der Waals surface area contributed by atoms with E-state index < -0.39 is 0 Å². The quantitative estimate of drug-likeness (QED) is 0.845. The van der Waals surface area contributed by atoms with Gasteiger partial charge in [-0.15, -0.1) is 0 Å². The van der Waals surface area contributed by atoms with Crippen molar-refractivity contribution in [1.82, 2.24) is 0 Å². The van der Waals surface area contributed by atoms with Gasteiger partial charge in [0.1, 0.15) is 23.3 Å². The fourth-order valence-electron chi connectivity index (χ4n) is 2.15. The van der Waals surface area contributed by atoms with E-state index in [0.29, 0.717) is 23.5 Å². The minimum atomic E-state index is 0.528. The number of ether oxygens (including phenoxy) is 3. The van der Waals surface area contributed by atoms with Gasteiger partial charge in [0.25, 0.3) is 0 Å². The lowest BCUT2D eigenvalue weighted by Crippen LogP contribution is -1.98. The Labute approximate surface area is 124 Å². The van der Waals surface area contributed by atoms with Crippen molar-refractivity contribution in [3.05, 3.63) is 53.1 Å². The molecule has 2 rings (SSSR count). The summed E-state index contributed by atoms with van der Waals surface area (Å²) in [5, 5.41) is 9.36. The van der Waals surface area contributed by atoms with Gasteiger partial charge in [-0.25, -0.2) is 0 Å². The highest BCUT2D eigenvalue weighted by Gasteiger charge is 2.12. The maximum atomic E-state index is 9.36. The van der Waals surface area contributed by atoms with Crippen LogP contribution in [0.4, 0.5) is 0 Å². The Balaban J connectivity index is 2.39. The van der Waals surface area contributed by atoms with E-state index in [2.05, 4.69) is 6.07 Å². The van der Waals surface area contributed by atoms with Crippen LogP contribution in [0.2, 0.25) is 0 Å². The van der Waals surface area contributed by atoms with Crippen molar-refractivity contribution in [2.75, 3.05) is 21.3 Å². The first-order valence-electron chi connectivity index (χ1n) is 6.49. The molecule has 2 aromatic rings. The van der Waals surface area contributed by atoms with Crippen molar-refractivity contribution < 1.29 is 14.2 Å². The third-order valence-corrected chi connectivity index (χ3v) is 3.28. The summed E-state index contributed by atoms with van der Waals surface area (Å²) >= 11 is 0. The molecule has 0 heterocycles. The molecule has 0 aliphatic heterocycles. The summed E-state index contributed by atoms with van der Waals surface area (Å²) in [6, 6.07) is 13.5. The average molecular weight is 283 g/mol. The Hall–Kier alpha value is -2.67. The molecule has 0 aliphatic carbocycles. The van der Waals surface area contributed by atoms with Crippen LogP contribution in [0, 0.1) is 11.3 Å². The van der Waals surface area contributed by atoms with E-state index in [1.165, 1.54) is 0 Å². The van der Waals surface area contributed by atoms with Crippen LogP contribution in [0.3, 0.4) is 0 Å². The second-order valence-corrected chi connectivity index (χ2v) is 4.50. The van der Waals surface area contributed by atoms with Crippen LogP contribution >= 0.6 is 0 Å². The van der Waals surface area contributed by atoms with E-state index in [1.54, 1.807) is 27.4 Å². The Kier molecular flexibility index (Phi) is 4.68. The zero-order valence-electron chi connectivity index (χ0n) is 12.3. The average Bonchev–Trinajstić information content (AvgIpc) is 2.54. The molecular formula is C17H17NO3. The number of nitrogens with zero attached hydrogens (tertiary/aromatic N) is 1. The molecule has 2 aromatic carbocycles. The molecule has 0 amide bonds. The third-order valence-electron chi connectivity index (χ3n) is 3.28. The van der Waals surface area contributed by atoms with E-state index in [9.17, 15) is 5.26 Å². The van der Waals surface area contributed by atoms with Crippen molar-refractivity contribution in [3.8, 4) is 23.3 Å². The van der Waals surface area contributed by atoms with E-state index in [-0.39, 0.29) is 0 Å². The van der Waals surface area contributed by atoms with E-state index >= 15 is 0 Å². The van der Waals surface area contributed by atoms with Crippen LogP contribution < -0.4 is 14.2 Å². The summed E-state index contributed by atoms with van der Waals surface area (Å²) in [5.41, 5.74) is 2.50. The lowest BCUT2D eigenvalue weighted by Gasteiger charge is -2.12. The van der Waals surface area contributed by atoms with Gasteiger partial charge in [0.05, 0.1) is 26.9 Å². The predicted molar refractivity (Wildman–Crippen MR) is 80.1 cm³/mol. The minimum Gasteiger partial charge on any atom is -0.497 e. The van der Waals surface area contributed by atoms with Crippen molar-refractivity contribution in [2.45, 2.75) is 6.42 Å². The third kappa shape index (κ3) is 3.26. The summed E-state index contributed by atoms with van der Waals surface area (Å²) in [6.45, 7) is 0. The Morgan fingerprint density at radius 2 is 1.57 bits per heavy atom. The van der Waals surface area contributed by atoms with E-state index in [1.807, 2.05) is 30.3 Å². The maximum Gasteiger partial charge on any atom is 0.140 e. The molecule has 0 aromatic heterocycles. The van der Waals surface area contributed by atoms with Gasteiger partial charge in [-0.1, -0.05) is 12.1 Å². The van der Waals surface area contributed by atoms with Gasteiger partial charge >= 0.3 is 0 Å². The van der Waals surface area contributed by atoms with Gasteiger partial charge in [0.15, 0.2) is 0 Å². The van der Waals surface area contributed by atoms with Crippen LogP contribution in [0.15, 0.2) is 36.4 Å². The summed E-state index contributed by atoms with van der Waals surface area (Å²) in [6.07, 6.45) is 0.625. The summed E-state index contributed by atoms with van der Waals surface area (Å²) in [4.78, 5) is 0. The molecular weight excluding hydrogens is 266 g/mol. The molecule has 0 saturated heterocycles. The molecule has 21 heavy (non-hydrogen) atoms. The summed E-state index contributed by atoms with van der Waals surface area (Å²) in [7, 11) is 4.78. The van der Waals surface area contributed by atoms with Gasteiger partial charge < -0.3 is 14.2 Å². The molecule has 0 spiro atoms. The lowest BCUT2D eigenvalue weighted by molar-refractivity contribution is 0.392. The Morgan fingerprint density at radius 3 is 2.10 bits per heavy atom. The zero-order valence-corrected chi connectivity index (χ0v) is 12.3. The molecule has 4 heteroatoms. The summed E-state index contributed by atoms with van der Waals surface area (Å²) < 4.78 is 15.7. The van der Waals surface area contributed by atoms with Crippen LogP contribution in [0.25, 0.3) is 0 Å². The number of nitriles is 1. The van der Waals surface area contributed by atoms with Crippen molar-refractivity contribution in [1.29, 1.82) is 5.26 Å². The lowest BCUT2D eigenvalue weighted by atomic mass is 9.99. The molecule has 0 radical (unpaired) electrons. The fourth-order valence-corrected chi connectivity index (χ4v) is 2.15. The maximum absolute atomic E-state index is 9.36. The van der Waals surface area contributed by atoms with Crippen molar-refractivity contribution >= 4 is 0 Å². The second-order valence-electron chi connectivity index (χ2n) is 4.50. The Bertz CT molecular complexity index is 657. The highest BCUT2D eigenvalue weighted by Crippen LogP contribution is 2.30. The zero-order chi connectivity index (χ0) is 15.2. The smallest absolute Gasteiger partial charge is 0.140 e. The number of benzene rings is 2. The van der Waals surface area contributed by atoms with E-state index in [4.69, 9.17) is 14.2 Å². The normalized spacial score (nSPS) is 9.81. The highest BCUT2D eigenvalue weighted by molar-refractivity contribution is 5.54. The molecule has 0 bridgehead atoms. The topological polar surface area (TPSA) is 51.5 Å². The van der Waals surface area contributed by atoms with E-state index in [0.717, 1.165) is 16.9 Å². The molecule has 0 N–H and O–H groups in total. The second kappa shape index (κ2) is 6.67. The van der Waals surface area contributed by atoms with Gasteiger partial charge in [0.2, 0.25) is 0 Å². The van der Waals surface area contributed by atoms with Crippen molar-refractivity contribution in [2.24, 2.45) is 0 Å². The molecule has 0 fully saturated rings. The molecule has 0 atom stereocenters. The monoisotopic (exact) mass is 283 g/mol. The van der Waals surface area contributed by atoms with Crippen LogP contribution in [-0.2, 0) is 6.42 Å². The number of hydrogen-bond donors (Lipinski definition) is 0. The minimum absolute atomic E-state index is 0.528. The first kappa shape index (κ1) is 14.7. The van der Waals surface area contributed by atoms with Gasteiger partial charge in [-0.2, -0.15) is 5.26 Å². The van der Waals surface area contributed by atoms with Crippen molar-refractivity contribution in [3.63, 3.8) is 0 Å². The number of hydrogen-bond acceptors (Lipinski definition) is 4. The van der Waals surface area contributed by atoms with Crippen LogP contribution in [-0.4, -0.2) is 21.3 Å². The predicted octanol–water partition coefficient (Wildman–Crippen LogP) is 3.17. The molecule has 0 aliphatic rings. The largest absolute Gasteiger partial charge is 0.497 e. The SMILES string of the molecule is COc1ccc(Cc2cc(OC)cc(OC)c2C#N)cc1. The standard InChI is InChI=1S/C17H17NO3/c1-19-14-6-4-12(5-7-14)8-13-9-15(20-2)10-17(21-3)16(13)11-18/h4-7,9-10H,8H2,1-3H3. The van der Waals surface area contributed by atoms with Gasteiger partial charge in [-0.05, 0) is 35.7 Å². The highest BCUT2D eigenvalue weighted by atomic mass is 16.5. The van der Waals surface area contributed by atoms with Crippen LogP contribution in [0.5, 0.6) is 17.2 Å². The number of methoxy groups -OCH3 is 3. The molecule has 0 saturated carbocycles. The van der Waals surface area contributed by atoms with Gasteiger partial charge in [-0.3, -0.25) is 0 Å². The molecule has 108 valence electrons. The first-order valence-corrected chi connectivity index (χ1v) is 6.49. The van der Waals surface area contributed by atoms with Crippen LogP contribution in [0.1, 0.15) is 16.7 Å². The number of rotatable bonds is 5. The first-order chi connectivity index (χ1) is 10.2.